The second kappa shape index (κ2) is 7.32. The van der Waals surface area contributed by atoms with Gasteiger partial charge in [-0.15, -0.1) is 0 Å². The number of carbonyl (C=O) groups is 2. The van der Waals surface area contributed by atoms with Crippen LogP contribution in [0.15, 0.2) is 23.1 Å². The summed E-state index contributed by atoms with van der Waals surface area (Å²) in [5.74, 6) is 0.500. The van der Waals surface area contributed by atoms with Gasteiger partial charge in [0.1, 0.15) is 5.75 Å². The van der Waals surface area contributed by atoms with Crippen LogP contribution in [0.5, 0.6) is 5.75 Å². The molecular formula is C19H23N3O3S. The molecule has 26 heavy (non-hydrogen) atoms. The van der Waals surface area contributed by atoms with E-state index < -0.39 is 0 Å². The van der Waals surface area contributed by atoms with Crippen LogP contribution in [0.25, 0.3) is 6.08 Å². The molecule has 3 fully saturated rings. The predicted octanol–water partition coefficient (Wildman–Crippen LogP) is 2.87. The van der Waals surface area contributed by atoms with E-state index in [0.717, 1.165) is 67.5 Å². The minimum Gasteiger partial charge on any atom is -0.488 e. The highest BCUT2D eigenvalue weighted by Crippen LogP contribution is 2.39. The summed E-state index contributed by atoms with van der Waals surface area (Å²) in [7, 11) is 0. The number of para-hydroxylation sites is 1. The second-order valence-electron chi connectivity index (χ2n) is 7.07. The predicted molar refractivity (Wildman–Crippen MR) is 103 cm³/mol. The molecule has 6 nitrogen and oxygen atoms in total. The van der Waals surface area contributed by atoms with Crippen molar-refractivity contribution in [2.45, 2.75) is 44.2 Å². The third kappa shape index (κ3) is 3.59. The van der Waals surface area contributed by atoms with Crippen LogP contribution in [0, 0.1) is 0 Å². The SMILES string of the molecule is N[C@@H]1CCCN(c2c(/C=C3\SC(=O)NC3=O)cccc2OC2CCC2)C1. The Morgan fingerprint density at radius 1 is 1.23 bits per heavy atom. The Balaban J connectivity index is 1.72. The molecule has 4 rings (SSSR count). The van der Waals surface area contributed by atoms with Gasteiger partial charge in [0, 0.05) is 24.7 Å². The summed E-state index contributed by atoms with van der Waals surface area (Å²) < 4.78 is 6.24. The minimum atomic E-state index is -0.341. The van der Waals surface area contributed by atoms with E-state index in [4.69, 9.17) is 10.5 Å². The first-order valence-corrected chi connectivity index (χ1v) is 9.97. The first-order chi connectivity index (χ1) is 12.6. The number of anilines is 1. The van der Waals surface area contributed by atoms with Gasteiger partial charge in [-0.2, -0.15) is 0 Å². The van der Waals surface area contributed by atoms with E-state index in [0.29, 0.717) is 4.91 Å². The summed E-state index contributed by atoms with van der Waals surface area (Å²) in [5.41, 5.74) is 8.07. The highest BCUT2D eigenvalue weighted by Gasteiger charge is 2.28. The molecule has 1 saturated carbocycles. The number of thioether (sulfide) groups is 1. The molecule has 1 aromatic rings. The number of amides is 2. The van der Waals surface area contributed by atoms with Crippen LogP contribution in [-0.2, 0) is 4.79 Å². The molecule has 2 heterocycles. The number of benzene rings is 1. The molecule has 1 aromatic carbocycles. The van der Waals surface area contributed by atoms with Crippen molar-refractivity contribution in [2.75, 3.05) is 18.0 Å². The Morgan fingerprint density at radius 2 is 2.08 bits per heavy atom. The van der Waals surface area contributed by atoms with E-state index in [9.17, 15) is 9.59 Å². The Hall–Kier alpha value is -1.99. The van der Waals surface area contributed by atoms with Crippen LogP contribution in [-0.4, -0.2) is 36.4 Å². The zero-order chi connectivity index (χ0) is 18.1. The summed E-state index contributed by atoms with van der Waals surface area (Å²) in [5, 5.41) is 1.98. The number of ether oxygens (including phenoxy) is 1. The Bertz CT molecular complexity index is 760. The van der Waals surface area contributed by atoms with E-state index in [1.54, 1.807) is 6.08 Å². The highest BCUT2D eigenvalue weighted by atomic mass is 32.2. The highest BCUT2D eigenvalue weighted by molar-refractivity contribution is 8.18. The van der Waals surface area contributed by atoms with Crippen LogP contribution in [0.1, 0.15) is 37.7 Å². The molecule has 0 radical (unpaired) electrons. The molecule has 2 aliphatic heterocycles. The molecule has 0 spiro atoms. The average Bonchev–Trinajstić information content (AvgIpc) is 2.88. The second-order valence-corrected chi connectivity index (χ2v) is 8.08. The fraction of sp³-hybridized carbons (Fsp3) is 0.474. The van der Waals surface area contributed by atoms with Gasteiger partial charge in [-0.25, -0.2) is 0 Å². The number of rotatable bonds is 4. The van der Waals surface area contributed by atoms with Crippen molar-refractivity contribution in [2.24, 2.45) is 5.73 Å². The van der Waals surface area contributed by atoms with Crippen molar-refractivity contribution >= 4 is 34.7 Å². The fourth-order valence-corrected chi connectivity index (χ4v) is 4.21. The molecule has 1 aliphatic carbocycles. The lowest BCUT2D eigenvalue weighted by molar-refractivity contribution is -0.115. The van der Waals surface area contributed by atoms with Crippen molar-refractivity contribution in [1.29, 1.82) is 0 Å². The molecule has 2 saturated heterocycles. The Morgan fingerprint density at radius 3 is 2.73 bits per heavy atom. The number of carbonyl (C=O) groups excluding carboxylic acids is 2. The van der Waals surface area contributed by atoms with Gasteiger partial charge < -0.3 is 15.4 Å². The topological polar surface area (TPSA) is 84.7 Å². The summed E-state index contributed by atoms with van der Waals surface area (Å²) in [6, 6.07) is 6.02. The third-order valence-corrected chi connectivity index (χ3v) is 5.89. The Labute approximate surface area is 157 Å². The van der Waals surface area contributed by atoms with E-state index in [1.807, 2.05) is 18.2 Å². The lowest BCUT2D eigenvalue weighted by atomic mass is 9.96. The zero-order valence-corrected chi connectivity index (χ0v) is 15.4. The maximum absolute atomic E-state index is 12.0. The maximum atomic E-state index is 12.0. The largest absolute Gasteiger partial charge is 0.488 e. The van der Waals surface area contributed by atoms with Crippen molar-refractivity contribution in [1.82, 2.24) is 5.32 Å². The number of imide groups is 1. The van der Waals surface area contributed by atoms with E-state index >= 15 is 0 Å². The standard InChI is InChI=1S/C19H23N3O3S/c20-13-5-3-9-22(11-13)17-12(10-16-18(23)21-19(24)26-16)4-1-8-15(17)25-14-6-2-7-14/h1,4,8,10,13-14H,2-3,5-7,9,11,20H2,(H,21,23,24)/b16-10-/t13-/m1/s1. The molecule has 2 amide bonds. The van der Waals surface area contributed by atoms with Crippen LogP contribution in [0.4, 0.5) is 10.5 Å². The van der Waals surface area contributed by atoms with Crippen molar-refractivity contribution in [3.63, 3.8) is 0 Å². The van der Waals surface area contributed by atoms with Gasteiger partial charge in [-0.1, -0.05) is 12.1 Å². The fourth-order valence-electron chi connectivity index (χ4n) is 3.53. The molecule has 0 aromatic heterocycles. The first kappa shape index (κ1) is 17.4. The average molecular weight is 373 g/mol. The quantitative estimate of drug-likeness (QED) is 0.790. The molecular weight excluding hydrogens is 350 g/mol. The third-order valence-electron chi connectivity index (χ3n) is 5.08. The number of nitrogens with two attached hydrogens (primary N) is 1. The normalized spacial score (nSPS) is 25.3. The van der Waals surface area contributed by atoms with Crippen LogP contribution in [0.3, 0.4) is 0 Å². The molecule has 0 bridgehead atoms. The van der Waals surface area contributed by atoms with E-state index in [-0.39, 0.29) is 23.3 Å². The number of hydrogen-bond acceptors (Lipinski definition) is 6. The summed E-state index contributed by atoms with van der Waals surface area (Å²) >= 11 is 0.937. The monoisotopic (exact) mass is 373 g/mol. The van der Waals surface area contributed by atoms with Gasteiger partial charge >= 0.3 is 0 Å². The number of nitrogens with one attached hydrogen (secondary N) is 1. The molecule has 7 heteroatoms. The first-order valence-electron chi connectivity index (χ1n) is 9.15. The van der Waals surface area contributed by atoms with Crippen LogP contribution >= 0.6 is 11.8 Å². The number of nitrogens with zero attached hydrogens (tertiary/aromatic N) is 1. The van der Waals surface area contributed by atoms with Gasteiger partial charge in [0.2, 0.25) is 0 Å². The zero-order valence-electron chi connectivity index (χ0n) is 14.6. The van der Waals surface area contributed by atoms with Gasteiger partial charge in [-0.05, 0) is 56.0 Å². The molecule has 3 aliphatic rings. The van der Waals surface area contributed by atoms with Crippen molar-refractivity contribution in [3.05, 3.63) is 28.7 Å². The Kier molecular flexibility index (Phi) is 4.91. The van der Waals surface area contributed by atoms with Gasteiger partial charge in [0.25, 0.3) is 11.1 Å². The summed E-state index contributed by atoms with van der Waals surface area (Å²) in [4.78, 5) is 26.1. The molecule has 1 atom stereocenters. The van der Waals surface area contributed by atoms with Crippen LogP contribution in [0.2, 0.25) is 0 Å². The van der Waals surface area contributed by atoms with E-state index in [2.05, 4.69) is 10.2 Å². The van der Waals surface area contributed by atoms with Crippen molar-refractivity contribution in [3.8, 4) is 5.75 Å². The summed E-state index contributed by atoms with van der Waals surface area (Å²) in [6.07, 6.45) is 7.47. The van der Waals surface area contributed by atoms with Crippen LogP contribution < -0.4 is 20.7 Å². The smallest absolute Gasteiger partial charge is 0.290 e. The van der Waals surface area contributed by atoms with Crippen molar-refractivity contribution < 1.29 is 14.3 Å². The lowest BCUT2D eigenvalue weighted by Gasteiger charge is -2.36. The minimum absolute atomic E-state index is 0.131. The van der Waals surface area contributed by atoms with Gasteiger partial charge in [0.05, 0.1) is 16.7 Å². The molecule has 138 valence electrons. The van der Waals surface area contributed by atoms with Gasteiger partial charge in [-0.3, -0.25) is 14.9 Å². The van der Waals surface area contributed by atoms with E-state index in [1.165, 1.54) is 6.42 Å². The number of piperidine rings is 1. The molecule has 3 N–H and O–H groups in total. The molecule has 0 unspecified atom stereocenters. The van der Waals surface area contributed by atoms with Gasteiger partial charge in [0.15, 0.2) is 0 Å². The number of hydrogen-bond donors (Lipinski definition) is 2. The maximum Gasteiger partial charge on any atom is 0.290 e. The summed E-state index contributed by atoms with van der Waals surface area (Å²) in [6.45, 7) is 1.67. The lowest BCUT2D eigenvalue weighted by Crippen LogP contribution is -2.43.